The molecule has 9 nitrogen and oxygen atoms in total. The summed E-state index contributed by atoms with van der Waals surface area (Å²) in [6.07, 6.45) is 3.80. The number of fused-ring (bicyclic) bond motifs is 3. The van der Waals surface area contributed by atoms with E-state index in [2.05, 4.69) is 4.90 Å². The highest BCUT2D eigenvalue weighted by Gasteiger charge is 2.56. The Morgan fingerprint density at radius 1 is 0.930 bits per heavy atom. The lowest BCUT2D eigenvalue weighted by molar-refractivity contribution is -0.123. The van der Waals surface area contributed by atoms with Crippen LogP contribution >= 0.6 is 0 Å². The zero-order valence-electron chi connectivity index (χ0n) is 24.0. The molecule has 1 N–H and O–H groups in total. The molecule has 3 aliphatic carbocycles. The number of morpholine rings is 1. The highest BCUT2D eigenvalue weighted by Crippen LogP contribution is 2.56. The van der Waals surface area contributed by atoms with Crippen molar-refractivity contribution in [1.82, 2.24) is 0 Å². The first-order valence-corrected chi connectivity index (χ1v) is 14.7. The second kappa shape index (κ2) is 10.3. The fraction of sp³-hybridized carbons (Fsp3) is 0.353. The molecule has 0 spiro atoms. The van der Waals surface area contributed by atoms with Crippen LogP contribution in [0.25, 0.3) is 0 Å². The number of phenols is 1. The van der Waals surface area contributed by atoms with Crippen molar-refractivity contribution in [2.45, 2.75) is 25.7 Å². The van der Waals surface area contributed by atoms with Gasteiger partial charge in [0.15, 0.2) is 11.6 Å². The minimum absolute atomic E-state index is 0.0374. The van der Waals surface area contributed by atoms with Gasteiger partial charge in [0.1, 0.15) is 11.5 Å². The van der Waals surface area contributed by atoms with Gasteiger partial charge in [-0.15, -0.1) is 0 Å². The maximum absolute atomic E-state index is 14.2. The zero-order valence-corrected chi connectivity index (χ0v) is 24.0. The molecular weight excluding hydrogens is 548 g/mol. The summed E-state index contributed by atoms with van der Waals surface area (Å²) < 4.78 is 10.9. The van der Waals surface area contributed by atoms with Gasteiger partial charge in [0.25, 0.3) is 0 Å². The van der Waals surface area contributed by atoms with Gasteiger partial charge in [-0.05, 0) is 74.2 Å². The molecule has 220 valence electrons. The van der Waals surface area contributed by atoms with Crippen LogP contribution in [-0.4, -0.2) is 61.9 Å². The fourth-order valence-electron chi connectivity index (χ4n) is 7.50. The van der Waals surface area contributed by atoms with E-state index in [0.29, 0.717) is 53.4 Å². The van der Waals surface area contributed by atoms with Gasteiger partial charge in [-0.3, -0.25) is 24.1 Å². The molecule has 2 aromatic rings. The van der Waals surface area contributed by atoms with Crippen molar-refractivity contribution in [2.24, 2.45) is 17.8 Å². The summed E-state index contributed by atoms with van der Waals surface area (Å²) in [5, 5.41) is 11.0. The number of imide groups is 1. The Morgan fingerprint density at radius 2 is 1.65 bits per heavy atom. The summed E-state index contributed by atoms with van der Waals surface area (Å²) in [4.78, 5) is 58.4. The first kappa shape index (κ1) is 27.3. The number of allylic oxidation sites excluding steroid dienone is 6. The number of carbonyl (C=O) groups is 4. The van der Waals surface area contributed by atoms with Gasteiger partial charge >= 0.3 is 0 Å². The number of carbonyl (C=O) groups excluding carboxylic acids is 4. The van der Waals surface area contributed by atoms with Crippen LogP contribution in [-0.2, 0) is 23.9 Å². The molecular formula is C34H32N2O7. The number of methoxy groups -OCH3 is 1. The number of Topliss-reactive ketones (excluding diaryl/α,β-unsaturated/α-hetero) is 1. The van der Waals surface area contributed by atoms with Crippen LogP contribution in [0, 0.1) is 17.8 Å². The van der Waals surface area contributed by atoms with Crippen LogP contribution in [0.4, 0.5) is 11.4 Å². The Balaban J connectivity index is 1.28. The van der Waals surface area contributed by atoms with Crippen molar-refractivity contribution >= 4 is 34.8 Å². The third-order valence-corrected chi connectivity index (χ3v) is 9.59. The molecule has 9 heteroatoms. The first-order valence-electron chi connectivity index (χ1n) is 14.7. The number of hydrogen-bond donors (Lipinski definition) is 1. The molecule has 2 fully saturated rings. The molecule has 43 heavy (non-hydrogen) atoms. The van der Waals surface area contributed by atoms with Gasteiger partial charge in [-0.25, -0.2) is 0 Å². The van der Waals surface area contributed by atoms with Gasteiger partial charge in [-0.1, -0.05) is 11.6 Å². The minimum atomic E-state index is -0.741. The Morgan fingerprint density at radius 3 is 2.37 bits per heavy atom. The summed E-state index contributed by atoms with van der Waals surface area (Å²) in [6, 6.07) is 12.3. The smallest absolute Gasteiger partial charge is 0.238 e. The number of benzene rings is 2. The molecule has 2 heterocycles. The molecule has 2 saturated heterocycles. The molecule has 2 aromatic carbocycles. The monoisotopic (exact) mass is 580 g/mol. The van der Waals surface area contributed by atoms with E-state index in [1.807, 2.05) is 30.3 Å². The lowest BCUT2D eigenvalue weighted by Crippen LogP contribution is -2.39. The Bertz CT molecular complexity index is 1660. The number of rotatable bonds is 4. The maximum Gasteiger partial charge on any atom is 0.238 e. The zero-order chi connectivity index (χ0) is 30.0. The standard InChI is InChI=1S/C34H32N2O7/c1-18-15-28(38)26-17-24-22(29(31(26)32(18)39)25-16-21(42-2)7-10-27(25)37)8-9-23-30(24)34(41)36(33(23)40)20-5-3-19(4-6-20)35-11-13-43-14-12-35/h3-8,10,15-16,23-24,29-30,37H,9,11-14,17H2,1-2H3/t23-,24+,29+,30-/m0/s1. The number of ketones is 2. The van der Waals surface area contributed by atoms with E-state index in [1.54, 1.807) is 19.1 Å². The Labute approximate surface area is 249 Å². The van der Waals surface area contributed by atoms with Crippen LogP contribution in [0.2, 0.25) is 0 Å². The molecule has 5 aliphatic rings. The predicted molar refractivity (Wildman–Crippen MR) is 158 cm³/mol. The average Bonchev–Trinajstić information content (AvgIpc) is 3.29. The molecule has 0 radical (unpaired) electrons. The van der Waals surface area contributed by atoms with E-state index in [9.17, 15) is 24.3 Å². The van der Waals surface area contributed by atoms with E-state index < -0.39 is 23.7 Å². The van der Waals surface area contributed by atoms with Crippen LogP contribution in [0.15, 0.2) is 76.9 Å². The number of nitrogens with zero attached hydrogens (tertiary/aromatic N) is 2. The van der Waals surface area contributed by atoms with Crippen molar-refractivity contribution in [1.29, 1.82) is 0 Å². The molecule has 2 amide bonds. The summed E-state index contributed by atoms with van der Waals surface area (Å²) in [5.74, 6) is -3.11. The number of aromatic hydroxyl groups is 1. The van der Waals surface area contributed by atoms with Crippen LogP contribution in [0.1, 0.15) is 31.2 Å². The van der Waals surface area contributed by atoms with Crippen molar-refractivity contribution in [2.75, 3.05) is 43.2 Å². The number of amides is 2. The summed E-state index contributed by atoms with van der Waals surface area (Å²) in [7, 11) is 1.52. The number of hydrogen-bond acceptors (Lipinski definition) is 8. The number of phenolic OH excluding ortho intramolecular Hbond substituents is 1. The van der Waals surface area contributed by atoms with E-state index in [4.69, 9.17) is 9.47 Å². The fourth-order valence-corrected chi connectivity index (χ4v) is 7.50. The minimum Gasteiger partial charge on any atom is -0.508 e. The van der Waals surface area contributed by atoms with Gasteiger partial charge in [0, 0.05) is 47.0 Å². The molecule has 0 unspecified atom stereocenters. The average molecular weight is 581 g/mol. The molecule has 4 atom stereocenters. The van der Waals surface area contributed by atoms with Gasteiger partial charge in [-0.2, -0.15) is 0 Å². The second-order valence-corrected chi connectivity index (χ2v) is 11.8. The van der Waals surface area contributed by atoms with Crippen molar-refractivity contribution in [3.8, 4) is 11.5 Å². The summed E-state index contributed by atoms with van der Waals surface area (Å²) in [5.41, 5.74) is 3.75. The highest BCUT2D eigenvalue weighted by atomic mass is 16.5. The van der Waals surface area contributed by atoms with Gasteiger partial charge in [0.05, 0.1) is 37.8 Å². The van der Waals surface area contributed by atoms with Crippen LogP contribution < -0.4 is 14.5 Å². The first-order chi connectivity index (χ1) is 20.8. The molecule has 7 rings (SSSR count). The number of ether oxygens (including phenoxy) is 2. The topological polar surface area (TPSA) is 113 Å². The van der Waals surface area contributed by atoms with E-state index in [-0.39, 0.29) is 35.6 Å². The molecule has 2 aliphatic heterocycles. The number of anilines is 2. The van der Waals surface area contributed by atoms with Crippen LogP contribution in [0.5, 0.6) is 11.5 Å². The van der Waals surface area contributed by atoms with Crippen LogP contribution in [0.3, 0.4) is 0 Å². The van der Waals surface area contributed by atoms with E-state index >= 15 is 0 Å². The third kappa shape index (κ3) is 4.25. The van der Waals surface area contributed by atoms with E-state index in [0.717, 1.165) is 24.4 Å². The normalized spacial score (nSPS) is 27.0. The summed E-state index contributed by atoms with van der Waals surface area (Å²) >= 11 is 0. The van der Waals surface area contributed by atoms with Gasteiger partial charge in [0.2, 0.25) is 11.8 Å². The Kier molecular flexibility index (Phi) is 6.58. The molecule has 0 aromatic heterocycles. The second-order valence-electron chi connectivity index (χ2n) is 11.8. The van der Waals surface area contributed by atoms with E-state index in [1.165, 1.54) is 24.2 Å². The molecule has 0 saturated carbocycles. The maximum atomic E-state index is 14.2. The van der Waals surface area contributed by atoms with Crippen molar-refractivity contribution in [3.63, 3.8) is 0 Å². The predicted octanol–water partition coefficient (Wildman–Crippen LogP) is 3.87. The van der Waals surface area contributed by atoms with Crippen molar-refractivity contribution in [3.05, 3.63) is 82.5 Å². The largest absolute Gasteiger partial charge is 0.508 e. The molecule has 0 bridgehead atoms. The van der Waals surface area contributed by atoms with Gasteiger partial charge < -0.3 is 19.5 Å². The Hall–Kier alpha value is -4.50. The lowest BCUT2D eigenvalue weighted by atomic mass is 9.59. The summed E-state index contributed by atoms with van der Waals surface area (Å²) in [6.45, 7) is 4.48. The lowest BCUT2D eigenvalue weighted by Gasteiger charge is -2.42. The highest BCUT2D eigenvalue weighted by molar-refractivity contribution is 6.25. The van der Waals surface area contributed by atoms with Crippen molar-refractivity contribution < 1.29 is 33.8 Å². The quantitative estimate of drug-likeness (QED) is 0.330. The third-order valence-electron chi connectivity index (χ3n) is 9.59. The SMILES string of the molecule is COc1ccc(O)c([C@H]2C3=CC[C@@H]4C(=O)N(c5ccc(N6CCOCC6)cc5)C(=O)[C@@H]4[C@@H]3CC3=C2C(=O)C(C)=CC3=O)c1.